The third-order valence-electron chi connectivity index (χ3n) is 7.10. The first kappa shape index (κ1) is 18.0. The van der Waals surface area contributed by atoms with Gasteiger partial charge in [-0.1, -0.05) is 12.1 Å². The van der Waals surface area contributed by atoms with Gasteiger partial charge in [0.15, 0.2) is 0 Å². The van der Waals surface area contributed by atoms with Gasteiger partial charge >= 0.3 is 0 Å². The number of anilines is 2. The fourth-order valence-corrected chi connectivity index (χ4v) is 5.07. The summed E-state index contributed by atoms with van der Waals surface area (Å²) in [7, 11) is 0. The molecule has 2 amide bonds. The molecule has 4 aliphatic rings. The van der Waals surface area contributed by atoms with E-state index < -0.39 is 5.54 Å². The standard InChI is InChI=1S/C22H30N4O2/c27-20-8-7-17(9-12-26(20)15-16-5-6-16)25-13-10-22(11-14-25)21(28)23-18-3-1-2-4-19(18)24-22/h1-4,16-17,24H,5-15H2,(H,23,28)/t17-/m0/s1. The first-order valence-corrected chi connectivity index (χ1v) is 10.8. The van der Waals surface area contributed by atoms with Crippen LogP contribution in [0.15, 0.2) is 24.3 Å². The second kappa shape index (κ2) is 7.07. The summed E-state index contributed by atoms with van der Waals surface area (Å²) < 4.78 is 0. The van der Waals surface area contributed by atoms with Crippen LogP contribution in [0.2, 0.25) is 0 Å². The summed E-state index contributed by atoms with van der Waals surface area (Å²) in [6.07, 6.45) is 6.89. The number of nitrogens with one attached hydrogen (secondary N) is 2. The Bertz CT molecular complexity index is 768. The first-order chi connectivity index (χ1) is 13.6. The van der Waals surface area contributed by atoms with E-state index in [-0.39, 0.29) is 5.91 Å². The monoisotopic (exact) mass is 382 g/mol. The molecule has 0 bridgehead atoms. The van der Waals surface area contributed by atoms with Gasteiger partial charge in [-0.05, 0) is 56.6 Å². The molecule has 0 unspecified atom stereocenters. The Labute approximate surface area is 166 Å². The van der Waals surface area contributed by atoms with E-state index in [1.807, 2.05) is 24.3 Å². The second-order valence-electron chi connectivity index (χ2n) is 9.01. The maximum Gasteiger partial charge on any atom is 0.250 e. The molecule has 0 radical (unpaired) electrons. The normalized spacial score (nSPS) is 27.7. The highest BCUT2D eigenvalue weighted by molar-refractivity contribution is 6.06. The van der Waals surface area contributed by atoms with Crippen molar-refractivity contribution in [1.82, 2.24) is 9.80 Å². The van der Waals surface area contributed by atoms with Gasteiger partial charge in [-0.25, -0.2) is 0 Å². The second-order valence-corrected chi connectivity index (χ2v) is 9.01. The molecule has 6 nitrogen and oxygen atoms in total. The highest BCUT2D eigenvalue weighted by Crippen LogP contribution is 2.37. The lowest BCUT2D eigenvalue weighted by Gasteiger charge is -2.46. The predicted octanol–water partition coefficient (Wildman–Crippen LogP) is 2.68. The van der Waals surface area contributed by atoms with E-state index in [0.29, 0.717) is 18.4 Å². The Morgan fingerprint density at radius 2 is 1.71 bits per heavy atom. The molecule has 3 aliphatic heterocycles. The quantitative estimate of drug-likeness (QED) is 0.844. The average Bonchev–Trinajstić information content (AvgIpc) is 3.54. The van der Waals surface area contributed by atoms with Gasteiger partial charge in [-0.15, -0.1) is 0 Å². The van der Waals surface area contributed by atoms with Gasteiger partial charge in [0.05, 0.1) is 11.4 Å². The number of carbonyl (C=O) groups excluding carboxylic acids is 2. The van der Waals surface area contributed by atoms with Crippen molar-refractivity contribution in [3.63, 3.8) is 0 Å². The largest absolute Gasteiger partial charge is 0.369 e. The van der Waals surface area contributed by atoms with Gasteiger partial charge in [0.2, 0.25) is 11.8 Å². The molecule has 1 aromatic carbocycles. The van der Waals surface area contributed by atoms with Crippen molar-refractivity contribution in [1.29, 1.82) is 0 Å². The summed E-state index contributed by atoms with van der Waals surface area (Å²) in [5.41, 5.74) is 1.40. The van der Waals surface area contributed by atoms with Crippen molar-refractivity contribution in [3.8, 4) is 0 Å². The van der Waals surface area contributed by atoms with E-state index in [1.165, 1.54) is 12.8 Å². The highest BCUT2D eigenvalue weighted by atomic mass is 16.2. The summed E-state index contributed by atoms with van der Waals surface area (Å²) in [4.78, 5) is 29.9. The van der Waals surface area contributed by atoms with Crippen molar-refractivity contribution in [2.45, 2.75) is 56.5 Å². The van der Waals surface area contributed by atoms with Crippen LogP contribution in [0.1, 0.15) is 44.9 Å². The van der Waals surface area contributed by atoms with Gasteiger partial charge in [0.1, 0.15) is 5.54 Å². The minimum absolute atomic E-state index is 0.0949. The molecule has 1 aliphatic carbocycles. The lowest BCUT2D eigenvalue weighted by atomic mass is 9.83. The van der Waals surface area contributed by atoms with Gasteiger partial charge in [-0.2, -0.15) is 0 Å². The van der Waals surface area contributed by atoms with Crippen molar-refractivity contribution in [3.05, 3.63) is 24.3 Å². The van der Waals surface area contributed by atoms with E-state index in [9.17, 15) is 9.59 Å². The summed E-state index contributed by atoms with van der Waals surface area (Å²) in [5.74, 6) is 1.19. The predicted molar refractivity (Wildman–Crippen MR) is 109 cm³/mol. The maximum absolute atomic E-state index is 12.8. The summed E-state index contributed by atoms with van der Waals surface area (Å²) >= 11 is 0. The Balaban J connectivity index is 1.21. The number of amides is 2. The van der Waals surface area contributed by atoms with Crippen LogP contribution in [0.5, 0.6) is 0 Å². The molecule has 2 saturated heterocycles. The number of piperidine rings is 1. The van der Waals surface area contributed by atoms with Crippen molar-refractivity contribution < 1.29 is 9.59 Å². The van der Waals surface area contributed by atoms with Crippen molar-refractivity contribution in [2.24, 2.45) is 5.92 Å². The SMILES string of the molecule is O=C1CC[C@H](N2CCC3(CC2)Nc2ccccc2NC3=O)CCN1CC1CC1. The number of fused-ring (bicyclic) bond motifs is 1. The molecule has 5 rings (SSSR count). The van der Waals surface area contributed by atoms with E-state index >= 15 is 0 Å². The molecule has 0 aromatic heterocycles. The first-order valence-electron chi connectivity index (χ1n) is 10.8. The summed E-state index contributed by atoms with van der Waals surface area (Å²) in [5, 5.41) is 6.63. The third kappa shape index (κ3) is 3.39. The molecule has 3 fully saturated rings. The third-order valence-corrected chi connectivity index (χ3v) is 7.10. The minimum Gasteiger partial charge on any atom is -0.369 e. The van der Waals surface area contributed by atoms with Gasteiger partial charge in [-0.3, -0.25) is 9.59 Å². The lowest BCUT2D eigenvalue weighted by molar-refractivity contribution is -0.130. The highest BCUT2D eigenvalue weighted by Gasteiger charge is 2.45. The van der Waals surface area contributed by atoms with E-state index in [4.69, 9.17) is 0 Å². The number of rotatable bonds is 3. The molecule has 3 heterocycles. The molecule has 6 heteroatoms. The number of para-hydroxylation sites is 2. The average molecular weight is 383 g/mol. The van der Waals surface area contributed by atoms with Crippen molar-refractivity contribution >= 4 is 23.2 Å². The molecule has 1 spiro atoms. The number of hydrogen-bond acceptors (Lipinski definition) is 4. The zero-order chi connectivity index (χ0) is 19.1. The number of benzene rings is 1. The Morgan fingerprint density at radius 3 is 2.46 bits per heavy atom. The zero-order valence-electron chi connectivity index (χ0n) is 16.5. The molecule has 1 saturated carbocycles. The Hall–Kier alpha value is -2.08. The van der Waals surface area contributed by atoms with Gasteiger partial charge < -0.3 is 20.4 Å². The number of hydrogen-bond donors (Lipinski definition) is 2. The van der Waals surface area contributed by atoms with E-state index in [0.717, 1.165) is 69.2 Å². The molecule has 1 atom stereocenters. The number of nitrogens with zero attached hydrogens (tertiary/aromatic N) is 2. The zero-order valence-corrected chi connectivity index (χ0v) is 16.5. The molecule has 2 N–H and O–H groups in total. The summed E-state index contributed by atoms with van der Waals surface area (Å²) in [6.45, 7) is 3.68. The molecule has 150 valence electrons. The maximum atomic E-state index is 12.8. The van der Waals surface area contributed by atoms with Crippen LogP contribution in [-0.4, -0.2) is 59.4 Å². The molecular formula is C22H30N4O2. The molecule has 1 aromatic rings. The Morgan fingerprint density at radius 1 is 0.964 bits per heavy atom. The smallest absolute Gasteiger partial charge is 0.250 e. The van der Waals surface area contributed by atoms with Crippen LogP contribution in [0.3, 0.4) is 0 Å². The van der Waals surface area contributed by atoms with Crippen LogP contribution < -0.4 is 10.6 Å². The summed E-state index contributed by atoms with van der Waals surface area (Å²) in [6, 6.07) is 8.39. The fourth-order valence-electron chi connectivity index (χ4n) is 5.07. The fraction of sp³-hybridized carbons (Fsp3) is 0.636. The Kier molecular flexibility index (Phi) is 4.54. The molecule has 28 heavy (non-hydrogen) atoms. The molecular weight excluding hydrogens is 352 g/mol. The van der Waals surface area contributed by atoms with Crippen molar-refractivity contribution in [2.75, 3.05) is 36.8 Å². The number of likely N-dealkylation sites (tertiary alicyclic amines) is 2. The van der Waals surface area contributed by atoms with E-state index in [2.05, 4.69) is 20.4 Å². The van der Waals surface area contributed by atoms with Gasteiger partial charge in [0, 0.05) is 38.6 Å². The van der Waals surface area contributed by atoms with Gasteiger partial charge in [0.25, 0.3) is 0 Å². The minimum atomic E-state index is -0.497. The van der Waals surface area contributed by atoms with Crippen LogP contribution in [0, 0.1) is 5.92 Å². The van der Waals surface area contributed by atoms with Crippen LogP contribution in [0.25, 0.3) is 0 Å². The lowest BCUT2D eigenvalue weighted by Crippen LogP contribution is -2.59. The van der Waals surface area contributed by atoms with Crippen LogP contribution in [-0.2, 0) is 9.59 Å². The van der Waals surface area contributed by atoms with E-state index in [1.54, 1.807) is 0 Å². The van der Waals surface area contributed by atoms with Crippen LogP contribution >= 0.6 is 0 Å². The van der Waals surface area contributed by atoms with Crippen LogP contribution in [0.4, 0.5) is 11.4 Å². The number of carbonyl (C=O) groups is 2. The topological polar surface area (TPSA) is 64.7 Å².